The third kappa shape index (κ3) is 2.19. The first-order chi connectivity index (χ1) is 9.28. The largest absolute Gasteiger partial charge is 0.508 e. The molecular weight excluding hydrogens is 264 g/mol. The van der Waals surface area contributed by atoms with Gasteiger partial charge in [-0.1, -0.05) is 16.6 Å². The fourth-order valence-electron chi connectivity index (χ4n) is 1.65. The molecule has 0 aliphatic heterocycles. The van der Waals surface area contributed by atoms with Gasteiger partial charge in [-0.3, -0.25) is 0 Å². The lowest BCUT2D eigenvalue weighted by atomic mass is 10.2. The minimum absolute atomic E-state index is 0.201. The van der Waals surface area contributed by atoms with Gasteiger partial charge in [-0.05, 0) is 42.2 Å². The second-order valence-corrected chi connectivity index (χ2v) is 4.63. The summed E-state index contributed by atoms with van der Waals surface area (Å²) in [7, 11) is 0. The van der Waals surface area contributed by atoms with Crippen LogP contribution in [0.3, 0.4) is 0 Å². The van der Waals surface area contributed by atoms with Crippen molar-refractivity contribution < 1.29 is 9.63 Å². The van der Waals surface area contributed by atoms with E-state index in [0.717, 1.165) is 22.6 Å². The number of nitrogens with zero attached hydrogens (tertiary/aromatic N) is 4. The van der Waals surface area contributed by atoms with Crippen molar-refractivity contribution in [3.05, 3.63) is 30.0 Å². The van der Waals surface area contributed by atoms with Gasteiger partial charge in [-0.15, -0.1) is 5.10 Å². The highest BCUT2D eigenvalue weighted by atomic mass is 32.1. The molecule has 0 radical (unpaired) electrons. The number of benzene rings is 1. The Labute approximate surface area is 112 Å². The zero-order valence-corrected chi connectivity index (χ0v) is 10.9. The molecule has 0 unspecified atom stereocenters. The predicted octanol–water partition coefficient (Wildman–Crippen LogP) is 2.52. The minimum atomic E-state index is 0.201. The molecule has 0 amide bonds. The number of aromatic nitrogens is 4. The van der Waals surface area contributed by atoms with Crippen molar-refractivity contribution in [1.29, 1.82) is 0 Å². The number of aryl methyl sites for hydroxylation is 1. The summed E-state index contributed by atoms with van der Waals surface area (Å²) in [4.78, 5) is 5.14. The lowest BCUT2D eigenvalue weighted by Gasteiger charge is -1.93. The van der Waals surface area contributed by atoms with Crippen molar-refractivity contribution in [2.45, 2.75) is 13.3 Å². The van der Waals surface area contributed by atoms with E-state index in [-0.39, 0.29) is 5.75 Å². The van der Waals surface area contributed by atoms with E-state index in [0.29, 0.717) is 11.7 Å². The molecule has 0 atom stereocenters. The Morgan fingerprint density at radius 3 is 2.79 bits per heavy atom. The highest BCUT2D eigenvalue weighted by Gasteiger charge is 2.16. The smallest absolute Gasteiger partial charge is 0.271 e. The van der Waals surface area contributed by atoms with Crippen LogP contribution in [0.1, 0.15) is 12.6 Å². The molecule has 1 N–H and O–H groups in total. The zero-order valence-electron chi connectivity index (χ0n) is 10.1. The molecule has 1 aromatic carbocycles. The van der Waals surface area contributed by atoms with E-state index >= 15 is 0 Å². The van der Waals surface area contributed by atoms with Gasteiger partial charge in [0.05, 0.1) is 5.69 Å². The lowest BCUT2D eigenvalue weighted by molar-refractivity contribution is 0.432. The van der Waals surface area contributed by atoms with Crippen LogP contribution in [-0.2, 0) is 6.42 Å². The average molecular weight is 274 g/mol. The van der Waals surface area contributed by atoms with Crippen molar-refractivity contribution in [2.75, 3.05) is 0 Å². The Kier molecular flexibility index (Phi) is 2.96. The maximum atomic E-state index is 9.25. The van der Waals surface area contributed by atoms with E-state index in [1.165, 1.54) is 11.5 Å². The first-order valence-corrected chi connectivity index (χ1v) is 6.50. The van der Waals surface area contributed by atoms with Crippen LogP contribution in [0.15, 0.2) is 28.8 Å². The van der Waals surface area contributed by atoms with Crippen LogP contribution in [0.25, 0.3) is 22.2 Å². The van der Waals surface area contributed by atoms with E-state index in [1.807, 2.05) is 6.92 Å². The summed E-state index contributed by atoms with van der Waals surface area (Å²) in [6.45, 7) is 2.00. The van der Waals surface area contributed by atoms with Gasteiger partial charge in [0.2, 0.25) is 5.82 Å². The van der Waals surface area contributed by atoms with Crippen molar-refractivity contribution in [2.24, 2.45) is 0 Å². The van der Waals surface area contributed by atoms with E-state index in [4.69, 9.17) is 4.52 Å². The van der Waals surface area contributed by atoms with Gasteiger partial charge in [0.25, 0.3) is 5.89 Å². The summed E-state index contributed by atoms with van der Waals surface area (Å²) in [5, 5.41) is 17.2. The van der Waals surface area contributed by atoms with E-state index in [9.17, 15) is 5.11 Å². The number of hydrogen-bond acceptors (Lipinski definition) is 7. The van der Waals surface area contributed by atoms with Crippen LogP contribution in [0.4, 0.5) is 0 Å². The molecule has 2 aromatic heterocycles. The molecule has 0 saturated carbocycles. The highest BCUT2D eigenvalue weighted by Crippen LogP contribution is 2.27. The van der Waals surface area contributed by atoms with Crippen LogP contribution < -0.4 is 0 Å². The molecule has 3 rings (SSSR count). The lowest BCUT2D eigenvalue weighted by Crippen LogP contribution is -1.84. The van der Waals surface area contributed by atoms with E-state index in [2.05, 4.69) is 19.7 Å². The van der Waals surface area contributed by atoms with Crippen LogP contribution in [0.5, 0.6) is 5.75 Å². The van der Waals surface area contributed by atoms with Gasteiger partial charge in [0.1, 0.15) is 10.6 Å². The molecule has 3 aromatic rings. The van der Waals surface area contributed by atoms with Crippen LogP contribution in [0.2, 0.25) is 0 Å². The quantitative estimate of drug-likeness (QED) is 0.790. The predicted molar refractivity (Wildman–Crippen MR) is 69.7 cm³/mol. The number of phenols is 1. The topological polar surface area (TPSA) is 84.9 Å². The molecule has 7 heteroatoms. The summed E-state index contributed by atoms with van der Waals surface area (Å²) >= 11 is 1.24. The summed E-state index contributed by atoms with van der Waals surface area (Å²) in [6.07, 6.45) is 0.767. The summed E-state index contributed by atoms with van der Waals surface area (Å²) in [5.41, 5.74) is 1.63. The van der Waals surface area contributed by atoms with Crippen molar-refractivity contribution in [1.82, 2.24) is 19.7 Å². The molecule has 2 heterocycles. The Morgan fingerprint density at radius 2 is 2.05 bits per heavy atom. The van der Waals surface area contributed by atoms with Crippen LogP contribution in [0, 0.1) is 0 Å². The Hall–Kier alpha value is -2.28. The van der Waals surface area contributed by atoms with Crippen LogP contribution >= 0.6 is 11.5 Å². The fraction of sp³-hybridized carbons (Fsp3) is 0.167. The van der Waals surface area contributed by atoms with Crippen molar-refractivity contribution >= 4 is 11.5 Å². The van der Waals surface area contributed by atoms with Gasteiger partial charge in [-0.25, -0.2) is 0 Å². The third-order valence-corrected chi connectivity index (χ3v) is 3.39. The second kappa shape index (κ2) is 4.77. The minimum Gasteiger partial charge on any atom is -0.508 e. The Bertz CT molecular complexity index is 690. The van der Waals surface area contributed by atoms with Crippen molar-refractivity contribution in [3.63, 3.8) is 0 Å². The van der Waals surface area contributed by atoms with E-state index in [1.54, 1.807) is 24.3 Å². The summed E-state index contributed by atoms with van der Waals surface area (Å²) < 4.78 is 9.14. The number of rotatable bonds is 3. The monoisotopic (exact) mass is 274 g/mol. The summed E-state index contributed by atoms with van der Waals surface area (Å²) in [6, 6.07) is 6.62. The van der Waals surface area contributed by atoms with Gasteiger partial charge in [0, 0.05) is 5.56 Å². The molecule has 0 fully saturated rings. The number of phenolic OH excluding ortho intramolecular Hbond substituents is 1. The SMILES string of the molecule is CCc1nnsc1-c1nc(-c2ccc(O)cc2)no1. The van der Waals surface area contributed by atoms with Gasteiger partial charge < -0.3 is 9.63 Å². The van der Waals surface area contributed by atoms with Crippen molar-refractivity contribution in [3.8, 4) is 27.9 Å². The standard InChI is InChI=1S/C12H10N4O2S/c1-2-9-10(19-16-14-9)12-13-11(15-18-12)7-3-5-8(17)6-4-7/h3-6,17H,2H2,1H3. The molecule has 0 saturated heterocycles. The Morgan fingerprint density at radius 1 is 1.26 bits per heavy atom. The Balaban J connectivity index is 1.97. The van der Waals surface area contributed by atoms with Gasteiger partial charge in [-0.2, -0.15) is 4.98 Å². The third-order valence-electron chi connectivity index (χ3n) is 2.64. The molecular formula is C12H10N4O2S. The average Bonchev–Trinajstić information content (AvgIpc) is 3.07. The van der Waals surface area contributed by atoms with Gasteiger partial charge >= 0.3 is 0 Å². The molecule has 19 heavy (non-hydrogen) atoms. The second-order valence-electron chi connectivity index (χ2n) is 3.87. The molecule has 0 aliphatic carbocycles. The first kappa shape index (κ1) is 11.8. The van der Waals surface area contributed by atoms with Crippen LogP contribution in [-0.4, -0.2) is 24.8 Å². The molecule has 96 valence electrons. The molecule has 6 nitrogen and oxygen atoms in total. The summed E-state index contributed by atoms with van der Waals surface area (Å²) in [5.74, 6) is 1.10. The number of hydrogen-bond donors (Lipinski definition) is 1. The maximum absolute atomic E-state index is 9.25. The number of aromatic hydroxyl groups is 1. The maximum Gasteiger partial charge on any atom is 0.271 e. The molecule has 0 aliphatic rings. The fourth-order valence-corrected chi connectivity index (χ4v) is 2.32. The van der Waals surface area contributed by atoms with Gasteiger partial charge in [0.15, 0.2) is 0 Å². The molecule has 0 spiro atoms. The normalized spacial score (nSPS) is 10.8. The zero-order chi connectivity index (χ0) is 13.2. The highest BCUT2D eigenvalue weighted by molar-refractivity contribution is 7.09. The molecule has 0 bridgehead atoms. The van der Waals surface area contributed by atoms with E-state index < -0.39 is 0 Å². The first-order valence-electron chi connectivity index (χ1n) is 5.72.